The highest BCUT2D eigenvalue weighted by atomic mass is 15.3. The quantitative estimate of drug-likeness (QED) is 0.505. The van der Waals surface area contributed by atoms with Gasteiger partial charge in [0.05, 0.1) is 6.21 Å². The number of allylic oxidation sites excluding steroid dienone is 1. The second-order valence-corrected chi connectivity index (χ2v) is 5.53. The Balaban J connectivity index is 2.15. The number of aromatic nitrogens is 2. The fraction of sp³-hybridized carbons (Fsp3) is 0.278. The molecular weight excluding hydrogens is 286 g/mol. The lowest BCUT2D eigenvalue weighted by Crippen LogP contribution is -2.08. The van der Waals surface area contributed by atoms with E-state index in [2.05, 4.69) is 44.1 Å². The molecule has 5 nitrogen and oxygen atoms in total. The number of hydrogen-bond acceptors (Lipinski definition) is 5. The number of benzene rings is 1. The predicted molar refractivity (Wildman–Crippen MR) is 97.4 cm³/mol. The lowest BCUT2D eigenvalue weighted by molar-refractivity contribution is 0.964. The summed E-state index contributed by atoms with van der Waals surface area (Å²) in [6.07, 6.45) is 4.33. The van der Waals surface area contributed by atoms with E-state index in [0.717, 1.165) is 34.2 Å². The van der Waals surface area contributed by atoms with Crippen LogP contribution in [0.2, 0.25) is 0 Å². The first-order valence-electron chi connectivity index (χ1n) is 7.52. The summed E-state index contributed by atoms with van der Waals surface area (Å²) >= 11 is 0. The van der Waals surface area contributed by atoms with Gasteiger partial charge in [0.25, 0.3) is 0 Å². The van der Waals surface area contributed by atoms with Crippen LogP contribution < -0.4 is 10.3 Å². The number of rotatable bonds is 6. The molecule has 5 heteroatoms. The van der Waals surface area contributed by atoms with E-state index < -0.39 is 0 Å². The van der Waals surface area contributed by atoms with E-state index in [1.54, 1.807) is 6.21 Å². The Hall–Kier alpha value is -2.69. The van der Waals surface area contributed by atoms with E-state index in [9.17, 15) is 0 Å². The molecule has 0 saturated heterocycles. The SMILES string of the molecule is C=CCc1c(C)nc(C)nc1N/N=C/c1ccc(N(C)C)cc1. The molecule has 0 fully saturated rings. The molecule has 0 atom stereocenters. The summed E-state index contributed by atoms with van der Waals surface area (Å²) in [5, 5.41) is 4.30. The van der Waals surface area contributed by atoms with Crippen molar-refractivity contribution in [2.75, 3.05) is 24.4 Å². The molecule has 2 aromatic rings. The normalized spacial score (nSPS) is 10.8. The van der Waals surface area contributed by atoms with Crippen LogP contribution in [-0.2, 0) is 6.42 Å². The molecule has 0 aliphatic rings. The lowest BCUT2D eigenvalue weighted by atomic mass is 10.1. The minimum atomic E-state index is 0.710. The molecule has 0 saturated carbocycles. The molecular formula is C18H23N5. The molecule has 0 unspecified atom stereocenters. The largest absolute Gasteiger partial charge is 0.378 e. The average molecular weight is 309 g/mol. The van der Waals surface area contributed by atoms with Crippen LogP contribution >= 0.6 is 0 Å². The van der Waals surface area contributed by atoms with Gasteiger partial charge in [-0.15, -0.1) is 6.58 Å². The molecule has 0 bridgehead atoms. The van der Waals surface area contributed by atoms with Crippen LogP contribution in [0.1, 0.15) is 22.6 Å². The van der Waals surface area contributed by atoms with E-state index >= 15 is 0 Å². The van der Waals surface area contributed by atoms with Crippen molar-refractivity contribution in [3.63, 3.8) is 0 Å². The van der Waals surface area contributed by atoms with E-state index in [0.29, 0.717) is 6.42 Å². The number of nitrogens with zero attached hydrogens (tertiary/aromatic N) is 4. The van der Waals surface area contributed by atoms with Gasteiger partial charge in [-0.2, -0.15) is 5.10 Å². The van der Waals surface area contributed by atoms with Gasteiger partial charge in [-0.1, -0.05) is 18.2 Å². The summed E-state index contributed by atoms with van der Waals surface area (Å²) < 4.78 is 0. The smallest absolute Gasteiger partial charge is 0.153 e. The van der Waals surface area contributed by atoms with Crippen LogP contribution in [0.3, 0.4) is 0 Å². The maximum Gasteiger partial charge on any atom is 0.153 e. The van der Waals surface area contributed by atoms with Crippen molar-refractivity contribution >= 4 is 17.7 Å². The first-order chi connectivity index (χ1) is 11.0. The molecule has 0 radical (unpaired) electrons. The minimum Gasteiger partial charge on any atom is -0.378 e. The first-order valence-corrected chi connectivity index (χ1v) is 7.52. The maximum absolute atomic E-state index is 4.43. The number of hydrazone groups is 1. The fourth-order valence-corrected chi connectivity index (χ4v) is 2.24. The second-order valence-electron chi connectivity index (χ2n) is 5.53. The lowest BCUT2D eigenvalue weighted by Gasteiger charge is -2.12. The third-order valence-electron chi connectivity index (χ3n) is 3.47. The summed E-state index contributed by atoms with van der Waals surface area (Å²) in [5.74, 6) is 1.46. The summed E-state index contributed by atoms with van der Waals surface area (Å²) in [6.45, 7) is 7.63. The van der Waals surface area contributed by atoms with Gasteiger partial charge >= 0.3 is 0 Å². The summed E-state index contributed by atoms with van der Waals surface area (Å²) in [5.41, 5.74) is 7.18. The fourth-order valence-electron chi connectivity index (χ4n) is 2.24. The molecule has 1 heterocycles. The van der Waals surface area contributed by atoms with Crippen LogP contribution in [0.4, 0.5) is 11.5 Å². The second kappa shape index (κ2) is 7.54. The third-order valence-corrected chi connectivity index (χ3v) is 3.47. The molecule has 0 amide bonds. The molecule has 23 heavy (non-hydrogen) atoms. The van der Waals surface area contributed by atoms with Crippen LogP contribution in [0.5, 0.6) is 0 Å². The Kier molecular flexibility index (Phi) is 5.46. The highest BCUT2D eigenvalue weighted by molar-refractivity contribution is 5.81. The third kappa shape index (κ3) is 4.39. The van der Waals surface area contributed by atoms with Gasteiger partial charge in [-0.05, 0) is 38.0 Å². The van der Waals surface area contributed by atoms with Crippen LogP contribution in [-0.4, -0.2) is 30.3 Å². The number of aryl methyl sites for hydroxylation is 2. The van der Waals surface area contributed by atoms with Crippen molar-refractivity contribution in [3.8, 4) is 0 Å². The molecule has 1 aromatic carbocycles. The molecule has 0 aliphatic carbocycles. The standard InChI is InChI=1S/C18H23N5/c1-6-7-17-13(2)20-14(3)21-18(17)22-19-12-15-8-10-16(11-9-15)23(4)5/h6,8-12H,1,7H2,2-5H3,(H,20,21,22)/b19-12+. The van der Waals surface area contributed by atoms with Crippen molar-refractivity contribution < 1.29 is 0 Å². The summed E-state index contributed by atoms with van der Waals surface area (Å²) in [6, 6.07) is 8.18. The van der Waals surface area contributed by atoms with E-state index in [1.807, 2.05) is 46.2 Å². The van der Waals surface area contributed by atoms with Crippen molar-refractivity contribution in [2.24, 2.45) is 5.10 Å². The molecule has 1 N–H and O–H groups in total. The van der Waals surface area contributed by atoms with Crippen LogP contribution in [0.15, 0.2) is 42.0 Å². The Bertz CT molecular complexity index is 702. The zero-order chi connectivity index (χ0) is 16.8. The predicted octanol–water partition coefficient (Wildman–Crippen LogP) is 3.33. The van der Waals surface area contributed by atoms with Crippen molar-refractivity contribution in [2.45, 2.75) is 20.3 Å². The molecule has 0 spiro atoms. The van der Waals surface area contributed by atoms with Gasteiger partial charge in [-0.3, -0.25) is 5.43 Å². The molecule has 1 aromatic heterocycles. The number of hydrogen-bond donors (Lipinski definition) is 1. The van der Waals surface area contributed by atoms with Crippen LogP contribution in [0, 0.1) is 13.8 Å². The Labute approximate surface area is 137 Å². The molecule has 120 valence electrons. The summed E-state index contributed by atoms with van der Waals surface area (Å²) in [7, 11) is 4.04. The van der Waals surface area contributed by atoms with E-state index in [4.69, 9.17) is 0 Å². The Morgan fingerprint density at radius 3 is 2.48 bits per heavy atom. The van der Waals surface area contributed by atoms with Crippen molar-refractivity contribution in [1.82, 2.24) is 9.97 Å². The summed E-state index contributed by atoms with van der Waals surface area (Å²) in [4.78, 5) is 10.9. The van der Waals surface area contributed by atoms with Gasteiger partial charge in [0.1, 0.15) is 5.82 Å². The van der Waals surface area contributed by atoms with Crippen molar-refractivity contribution in [1.29, 1.82) is 0 Å². The maximum atomic E-state index is 4.43. The van der Waals surface area contributed by atoms with Crippen LogP contribution in [0.25, 0.3) is 0 Å². The zero-order valence-electron chi connectivity index (χ0n) is 14.2. The zero-order valence-corrected chi connectivity index (χ0v) is 14.2. The van der Waals surface area contributed by atoms with Gasteiger partial charge in [0, 0.05) is 31.0 Å². The van der Waals surface area contributed by atoms with Gasteiger partial charge in [0.2, 0.25) is 0 Å². The monoisotopic (exact) mass is 309 g/mol. The Morgan fingerprint density at radius 2 is 1.87 bits per heavy atom. The first kappa shape index (κ1) is 16.7. The number of anilines is 2. The van der Waals surface area contributed by atoms with Gasteiger partial charge in [-0.25, -0.2) is 9.97 Å². The number of nitrogens with one attached hydrogen (secondary N) is 1. The average Bonchev–Trinajstić information content (AvgIpc) is 2.51. The Morgan fingerprint density at radius 1 is 1.17 bits per heavy atom. The highest BCUT2D eigenvalue weighted by Gasteiger charge is 2.08. The van der Waals surface area contributed by atoms with E-state index in [1.165, 1.54) is 0 Å². The topological polar surface area (TPSA) is 53.4 Å². The van der Waals surface area contributed by atoms with Gasteiger partial charge in [0.15, 0.2) is 5.82 Å². The molecule has 0 aliphatic heterocycles. The van der Waals surface area contributed by atoms with E-state index in [-0.39, 0.29) is 0 Å². The minimum absolute atomic E-state index is 0.710. The molecule has 2 rings (SSSR count). The van der Waals surface area contributed by atoms with Gasteiger partial charge < -0.3 is 4.90 Å². The highest BCUT2D eigenvalue weighted by Crippen LogP contribution is 2.17. The van der Waals surface area contributed by atoms with Crippen molar-refractivity contribution in [3.05, 3.63) is 59.6 Å².